The van der Waals surface area contributed by atoms with Crippen LogP contribution in [0, 0.1) is 19.8 Å². The van der Waals surface area contributed by atoms with Crippen molar-refractivity contribution in [2.75, 3.05) is 6.61 Å². The van der Waals surface area contributed by atoms with Crippen molar-refractivity contribution < 1.29 is 9.53 Å². The maximum Gasteiger partial charge on any atom is 0.235 e. The minimum atomic E-state index is 0.352. The molecule has 0 amide bonds. The first-order chi connectivity index (χ1) is 8.22. The quantitative estimate of drug-likeness (QED) is 0.577. The summed E-state index contributed by atoms with van der Waals surface area (Å²) >= 11 is 0. The Kier molecular flexibility index (Phi) is 3.60. The predicted molar refractivity (Wildman–Crippen MR) is 66.0 cm³/mol. The Morgan fingerprint density at radius 3 is 2.82 bits per heavy atom. The van der Waals surface area contributed by atoms with Crippen molar-refractivity contribution in [2.24, 2.45) is 10.9 Å². The van der Waals surface area contributed by atoms with E-state index < -0.39 is 0 Å². The van der Waals surface area contributed by atoms with Gasteiger partial charge in [-0.15, -0.1) is 0 Å². The van der Waals surface area contributed by atoms with Gasteiger partial charge in [0.05, 0.1) is 13.2 Å². The molecule has 0 aliphatic heterocycles. The van der Waals surface area contributed by atoms with Crippen molar-refractivity contribution in [3.8, 4) is 5.75 Å². The number of isocyanates is 1. The van der Waals surface area contributed by atoms with Crippen LogP contribution in [0.3, 0.4) is 0 Å². The zero-order valence-corrected chi connectivity index (χ0v) is 10.3. The molecule has 3 heteroatoms. The average Bonchev–Trinajstić information content (AvgIpc) is 3.13. The van der Waals surface area contributed by atoms with Gasteiger partial charge in [0, 0.05) is 5.56 Å². The second kappa shape index (κ2) is 5.15. The zero-order valence-electron chi connectivity index (χ0n) is 10.3. The average molecular weight is 231 g/mol. The highest BCUT2D eigenvalue weighted by atomic mass is 16.5. The smallest absolute Gasteiger partial charge is 0.235 e. The van der Waals surface area contributed by atoms with Crippen LogP contribution in [0.1, 0.15) is 29.5 Å². The van der Waals surface area contributed by atoms with E-state index >= 15 is 0 Å². The number of hydrogen-bond donors (Lipinski definition) is 0. The molecule has 0 aromatic heterocycles. The first kappa shape index (κ1) is 11.9. The molecule has 2 rings (SSSR count). The summed E-state index contributed by atoms with van der Waals surface area (Å²) in [6.45, 7) is 5.24. The standard InChI is InChI=1S/C14H17NO2/c1-10-3-6-13(7-15-9-16)14(11(10)2)17-8-12-4-5-12/h3,6,12H,4-5,7-8H2,1-2H3. The predicted octanol–water partition coefficient (Wildman–Crippen LogP) is 2.93. The lowest BCUT2D eigenvalue weighted by Crippen LogP contribution is -2.04. The van der Waals surface area contributed by atoms with Crippen molar-refractivity contribution >= 4 is 6.08 Å². The maximum atomic E-state index is 10.2. The first-order valence-electron chi connectivity index (χ1n) is 5.98. The molecule has 0 N–H and O–H groups in total. The van der Waals surface area contributed by atoms with Crippen LogP contribution in [0.2, 0.25) is 0 Å². The molecule has 1 aliphatic rings. The molecule has 0 heterocycles. The third-order valence-corrected chi connectivity index (χ3v) is 3.23. The highest BCUT2D eigenvalue weighted by Crippen LogP contribution is 2.32. The van der Waals surface area contributed by atoms with Gasteiger partial charge >= 0.3 is 0 Å². The second-order valence-corrected chi connectivity index (χ2v) is 4.66. The largest absolute Gasteiger partial charge is 0.493 e. The number of benzene rings is 1. The van der Waals surface area contributed by atoms with Crippen LogP contribution in [0.25, 0.3) is 0 Å². The molecule has 0 saturated heterocycles. The molecule has 1 aliphatic carbocycles. The van der Waals surface area contributed by atoms with E-state index in [0.29, 0.717) is 6.54 Å². The Morgan fingerprint density at radius 1 is 1.41 bits per heavy atom. The van der Waals surface area contributed by atoms with E-state index in [1.165, 1.54) is 18.4 Å². The van der Waals surface area contributed by atoms with Gasteiger partial charge in [0.15, 0.2) is 0 Å². The van der Waals surface area contributed by atoms with Crippen LogP contribution in [0.15, 0.2) is 17.1 Å². The summed E-state index contributed by atoms with van der Waals surface area (Å²) in [6.07, 6.45) is 4.12. The van der Waals surface area contributed by atoms with Gasteiger partial charge in [-0.1, -0.05) is 12.1 Å². The number of ether oxygens (including phenoxy) is 1. The molecular formula is C14H17NO2. The van der Waals surface area contributed by atoms with Crippen molar-refractivity contribution in [3.63, 3.8) is 0 Å². The van der Waals surface area contributed by atoms with Crippen LogP contribution in [-0.2, 0) is 11.3 Å². The van der Waals surface area contributed by atoms with E-state index in [4.69, 9.17) is 4.74 Å². The Bertz CT molecular complexity index is 458. The molecule has 1 fully saturated rings. The molecule has 0 atom stereocenters. The van der Waals surface area contributed by atoms with Crippen LogP contribution in [0.5, 0.6) is 5.75 Å². The summed E-state index contributed by atoms with van der Waals surface area (Å²) in [6, 6.07) is 4.01. The van der Waals surface area contributed by atoms with Gasteiger partial charge in [0.1, 0.15) is 5.75 Å². The van der Waals surface area contributed by atoms with E-state index in [-0.39, 0.29) is 0 Å². The molecule has 3 nitrogen and oxygen atoms in total. The minimum absolute atomic E-state index is 0.352. The normalized spacial score (nSPS) is 14.2. The maximum absolute atomic E-state index is 10.2. The lowest BCUT2D eigenvalue weighted by molar-refractivity contribution is 0.294. The van der Waals surface area contributed by atoms with Crippen molar-refractivity contribution in [1.82, 2.24) is 0 Å². The first-order valence-corrected chi connectivity index (χ1v) is 5.98. The van der Waals surface area contributed by atoms with Crippen LogP contribution >= 0.6 is 0 Å². The number of hydrogen-bond acceptors (Lipinski definition) is 3. The van der Waals surface area contributed by atoms with Crippen LogP contribution in [0.4, 0.5) is 0 Å². The lowest BCUT2D eigenvalue weighted by atomic mass is 10.0. The zero-order chi connectivity index (χ0) is 12.3. The summed E-state index contributed by atoms with van der Waals surface area (Å²) in [5, 5.41) is 0. The van der Waals surface area contributed by atoms with E-state index in [1.807, 2.05) is 19.1 Å². The summed E-state index contributed by atoms with van der Waals surface area (Å²) < 4.78 is 5.88. The molecule has 0 radical (unpaired) electrons. The molecule has 0 unspecified atom stereocenters. The highest BCUT2D eigenvalue weighted by Gasteiger charge is 2.23. The van der Waals surface area contributed by atoms with Crippen LogP contribution in [-0.4, -0.2) is 12.7 Å². The third kappa shape index (κ3) is 2.95. The molecule has 0 bridgehead atoms. The Labute approximate surface area is 102 Å². The highest BCUT2D eigenvalue weighted by molar-refractivity contribution is 5.46. The third-order valence-electron chi connectivity index (χ3n) is 3.23. The Balaban J connectivity index is 2.21. The summed E-state index contributed by atoms with van der Waals surface area (Å²) in [4.78, 5) is 13.8. The Hall–Kier alpha value is -1.60. The van der Waals surface area contributed by atoms with Gasteiger partial charge in [0.25, 0.3) is 0 Å². The second-order valence-electron chi connectivity index (χ2n) is 4.66. The van der Waals surface area contributed by atoms with Gasteiger partial charge in [-0.05, 0) is 43.7 Å². The number of nitrogens with zero attached hydrogens (tertiary/aromatic N) is 1. The van der Waals surface area contributed by atoms with E-state index in [9.17, 15) is 4.79 Å². The van der Waals surface area contributed by atoms with Gasteiger partial charge in [-0.2, -0.15) is 0 Å². The molecule has 17 heavy (non-hydrogen) atoms. The molecule has 0 spiro atoms. The monoisotopic (exact) mass is 231 g/mol. The molecule has 1 aromatic carbocycles. The number of aryl methyl sites for hydroxylation is 1. The fraction of sp³-hybridized carbons (Fsp3) is 0.500. The number of rotatable bonds is 5. The topological polar surface area (TPSA) is 38.7 Å². The van der Waals surface area contributed by atoms with Crippen molar-refractivity contribution in [2.45, 2.75) is 33.2 Å². The molecule has 90 valence electrons. The van der Waals surface area contributed by atoms with E-state index in [0.717, 1.165) is 29.4 Å². The van der Waals surface area contributed by atoms with Gasteiger partial charge in [-0.25, -0.2) is 9.79 Å². The minimum Gasteiger partial charge on any atom is -0.493 e. The van der Waals surface area contributed by atoms with Crippen LogP contribution < -0.4 is 4.74 Å². The van der Waals surface area contributed by atoms with E-state index in [2.05, 4.69) is 11.9 Å². The van der Waals surface area contributed by atoms with Gasteiger partial charge in [0.2, 0.25) is 6.08 Å². The van der Waals surface area contributed by atoms with Gasteiger partial charge in [-0.3, -0.25) is 0 Å². The SMILES string of the molecule is Cc1ccc(CN=C=O)c(OCC2CC2)c1C. The van der Waals surface area contributed by atoms with Gasteiger partial charge < -0.3 is 4.74 Å². The fourth-order valence-electron chi connectivity index (χ4n) is 1.77. The Morgan fingerprint density at radius 2 is 2.18 bits per heavy atom. The molecule has 1 saturated carbocycles. The molecule has 1 aromatic rings. The van der Waals surface area contributed by atoms with E-state index in [1.54, 1.807) is 6.08 Å². The number of aliphatic imine (C=N–C) groups is 1. The lowest BCUT2D eigenvalue weighted by Gasteiger charge is -2.14. The summed E-state index contributed by atoms with van der Waals surface area (Å²) in [5.41, 5.74) is 3.32. The fourth-order valence-corrected chi connectivity index (χ4v) is 1.77. The van der Waals surface area contributed by atoms with Crippen molar-refractivity contribution in [3.05, 3.63) is 28.8 Å². The number of carbonyl (C=O) groups excluding carboxylic acids is 1. The summed E-state index contributed by atoms with van der Waals surface area (Å²) in [7, 11) is 0. The van der Waals surface area contributed by atoms with Crippen molar-refractivity contribution in [1.29, 1.82) is 0 Å². The summed E-state index contributed by atoms with van der Waals surface area (Å²) in [5.74, 6) is 1.62. The molecular weight excluding hydrogens is 214 g/mol.